The fourth-order valence-corrected chi connectivity index (χ4v) is 2.81. The van der Waals surface area contributed by atoms with Crippen LogP contribution in [0, 0.1) is 5.92 Å². The molecule has 1 amide bonds. The maximum Gasteiger partial charge on any atom is 0.237 e. The maximum absolute atomic E-state index is 12.5. The molecule has 1 aromatic carbocycles. The van der Waals surface area contributed by atoms with Gasteiger partial charge in [0.2, 0.25) is 5.91 Å². The van der Waals surface area contributed by atoms with Gasteiger partial charge in [0.1, 0.15) is 5.76 Å². The SMILES string of the molecule is CC1CN(Cc2ccco2)C(=S)N(c2ccccc2)C1=O. The summed E-state index contributed by atoms with van der Waals surface area (Å²) < 4.78 is 5.38. The summed E-state index contributed by atoms with van der Waals surface area (Å²) >= 11 is 5.52. The van der Waals surface area contributed by atoms with Crippen LogP contribution < -0.4 is 4.90 Å². The predicted octanol–water partition coefficient (Wildman–Crippen LogP) is 3.05. The van der Waals surface area contributed by atoms with Crippen molar-refractivity contribution in [2.24, 2.45) is 5.92 Å². The Morgan fingerprint density at radius 3 is 2.67 bits per heavy atom. The Bertz CT molecular complexity index is 640. The second-order valence-electron chi connectivity index (χ2n) is 5.15. The summed E-state index contributed by atoms with van der Waals surface area (Å²) in [6.45, 7) is 3.11. The normalized spacial score (nSPS) is 19.2. The Balaban J connectivity index is 1.88. The highest BCUT2D eigenvalue weighted by molar-refractivity contribution is 7.80. The number of nitrogens with zero attached hydrogens (tertiary/aromatic N) is 2. The first-order chi connectivity index (χ1) is 10.2. The minimum absolute atomic E-state index is 0.0434. The molecule has 0 N–H and O–H groups in total. The third-order valence-electron chi connectivity index (χ3n) is 3.54. The van der Waals surface area contributed by atoms with E-state index in [1.165, 1.54) is 0 Å². The van der Waals surface area contributed by atoms with Gasteiger partial charge in [-0.3, -0.25) is 9.69 Å². The van der Waals surface area contributed by atoms with E-state index >= 15 is 0 Å². The minimum atomic E-state index is -0.105. The van der Waals surface area contributed by atoms with E-state index in [1.54, 1.807) is 11.2 Å². The molecule has 0 aliphatic carbocycles. The monoisotopic (exact) mass is 300 g/mol. The molecule has 3 rings (SSSR count). The van der Waals surface area contributed by atoms with Gasteiger partial charge in [-0.2, -0.15) is 0 Å². The number of thiocarbonyl (C=S) groups is 1. The molecule has 1 fully saturated rings. The van der Waals surface area contributed by atoms with Gasteiger partial charge >= 0.3 is 0 Å². The zero-order valence-corrected chi connectivity index (χ0v) is 12.5. The van der Waals surface area contributed by atoms with Gasteiger partial charge in [-0.1, -0.05) is 25.1 Å². The molecule has 1 aliphatic rings. The van der Waals surface area contributed by atoms with Gasteiger partial charge < -0.3 is 9.32 Å². The van der Waals surface area contributed by atoms with Gasteiger partial charge in [0.25, 0.3) is 0 Å². The zero-order chi connectivity index (χ0) is 14.8. The van der Waals surface area contributed by atoms with E-state index in [9.17, 15) is 4.79 Å². The summed E-state index contributed by atoms with van der Waals surface area (Å²) in [7, 11) is 0. The van der Waals surface area contributed by atoms with Gasteiger partial charge in [-0.05, 0) is 36.5 Å². The highest BCUT2D eigenvalue weighted by Gasteiger charge is 2.35. The smallest absolute Gasteiger partial charge is 0.237 e. The number of hydrogen-bond donors (Lipinski definition) is 0. The molecule has 1 aliphatic heterocycles. The Hall–Kier alpha value is -2.14. The van der Waals surface area contributed by atoms with Crippen LogP contribution in [0.15, 0.2) is 53.1 Å². The van der Waals surface area contributed by atoms with Gasteiger partial charge in [0, 0.05) is 6.54 Å². The number of carbonyl (C=O) groups excluding carboxylic acids is 1. The highest BCUT2D eigenvalue weighted by atomic mass is 32.1. The standard InChI is InChI=1S/C16H16N2O2S/c1-12-10-17(11-14-8-5-9-20-14)16(21)18(15(12)19)13-6-3-2-4-7-13/h2-9,12H,10-11H2,1H3. The van der Waals surface area contributed by atoms with E-state index < -0.39 is 0 Å². The molecule has 2 aromatic rings. The van der Waals surface area contributed by atoms with Crippen LogP contribution in [0.3, 0.4) is 0 Å². The first-order valence-corrected chi connectivity index (χ1v) is 7.28. The average Bonchev–Trinajstić information content (AvgIpc) is 2.99. The summed E-state index contributed by atoms with van der Waals surface area (Å²) in [5, 5.41) is 0.528. The van der Waals surface area contributed by atoms with Crippen molar-refractivity contribution in [2.75, 3.05) is 11.4 Å². The summed E-state index contributed by atoms with van der Waals surface area (Å²) in [6, 6.07) is 13.3. The molecule has 1 unspecified atom stereocenters. The van der Waals surface area contributed by atoms with Crippen molar-refractivity contribution in [1.29, 1.82) is 0 Å². The van der Waals surface area contributed by atoms with E-state index in [0.717, 1.165) is 11.4 Å². The van der Waals surface area contributed by atoms with Crippen LogP contribution in [0.4, 0.5) is 5.69 Å². The number of anilines is 1. The van der Waals surface area contributed by atoms with Crippen LogP contribution in [-0.2, 0) is 11.3 Å². The summed E-state index contributed by atoms with van der Waals surface area (Å²) in [5.41, 5.74) is 0.809. The van der Waals surface area contributed by atoms with Crippen molar-refractivity contribution >= 4 is 28.9 Å². The van der Waals surface area contributed by atoms with E-state index in [-0.39, 0.29) is 11.8 Å². The second kappa shape index (κ2) is 5.69. The average molecular weight is 300 g/mol. The Morgan fingerprint density at radius 1 is 1.24 bits per heavy atom. The molecule has 108 valence electrons. The van der Waals surface area contributed by atoms with Crippen molar-refractivity contribution in [3.63, 3.8) is 0 Å². The summed E-state index contributed by atoms with van der Waals surface area (Å²) in [6.07, 6.45) is 1.64. The Labute approximate surface area is 129 Å². The topological polar surface area (TPSA) is 36.7 Å². The number of amides is 1. The first kappa shape index (κ1) is 13.8. The van der Waals surface area contributed by atoms with E-state index in [2.05, 4.69) is 0 Å². The number of rotatable bonds is 3. The molecule has 1 atom stereocenters. The molecule has 0 bridgehead atoms. The molecule has 1 aromatic heterocycles. The fourth-order valence-electron chi connectivity index (χ4n) is 2.48. The van der Waals surface area contributed by atoms with Gasteiger partial charge in [0.05, 0.1) is 24.4 Å². The van der Waals surface area contributed by atoms with Crippen LogP contribution in [0.2, 0.25) is 0 Å². The molecular weight excluding hydrogens is 284 g/mol. The molecule has 0 radical (unpaired) electrons. The van der Waals surface area contributed by atoms with Gasteiger partial charge in [-0.25, -0.2) is 0 Å². The molecule has 5 heteroatoms. The molecule has 4 nitrogen and oxygen atoms in total. The van der Waals surface area contributed by atoms with E-state index in [0.29, 0.717) is 18.2 Å². The molecule has 0 spiro atoms. The summed E-state index contributed by atoms with van der Waals surface area (Å²) in [4.78, 5) is 16.1. The molecule has 0 saturated carbocycles. The third kappa shape index (κ3) is 2.69. The van der Waals surface area contributed by atoms with Crippen LogP contribution in [0.5, 0.6) is 0 Å². The number of furan rings is 1. The van der Waals surface area contributed by atoms with Crippen LogP contribution in [0.25, 0.3) is 0 Å². The number of benzene rings is 1. The van der Waals surface area contributed by atoms with E-state index in [4.69, 9.17) is 16.6 Å². The third-order valence-corrected chi connectivity index (χ3v) is 3.98. The number of carbonyl (C=O) groups is 1. The fraction of sp³-hybridized carbons (Fsp3) is 0.250. The number of hydrogen-bond acceptors (Lipinski definition) is 3. The molecule has 1 saturated heterocycles. The Morgan fingerprint density at radius 2 is 2.00 bits per heavy atom. The van der Waals surface area contributed by atoms with Crippen LogP contribution in [0.1, 0.15) is 12.7 Å². The lowest BCUT2D eigenvalue weighted by molar-refractivity contribution is -0.122. The Kier molecular flexibility index (Phi) is 3.75. The number of para-hydroxylation sites is 1. The highest BCUT2D eigenvalue weighted by Crippen LogP contribution is 2.25. The van der Waals surface area contributed by atoms with Crippen LogP contribution in [-0.4, -0.2) is 22.5 Å². The lowest BCUT2D eigenvalue weighted by atomic mass is 10.1. The maximum atomic E-state index is 12.5. The van der Waals surface area contributed by atoms with Gasteiger partial charge in [-0.15, -0.1) is 0 Å². The zero-order valence-electron chi connectivity index (χ0n) is 11.7. The lowest BCUT2D eigenvalue weighted by Crippen LogP contribution is -2.55. The van der Waals surface area contributed by atoms with Crippen molar-refractivity contribution in [3.05, 3.63) is 54.5 Å². The van der Waals surface area contributed by atoms with Crippen molar-refractivity contribution < 1.29 is 9.21 Å². The quantitative estimate of drug-likeness (QED) is 0.816. The van der Waals surface area contributed by atoms with Gasteiger partial charge in [0.15, 0.2) is 5.11 Å². The first-order valence-electron chi connectivity index (χ1n) is 6.87. The summed E-state index contributed by atoms with van der Waals surface area (Å²) in [5.74, 6) is 0.778. The molecular formula is C16H16N2O2S. The van der Waals surface area contributed by atoms with Crippen molar-refractivity contribution in [3.8, 4) is 0 Å². The molecule has 2 heterocycles. The predicted molar refractivity (Wildman–Crippen MR) is 84.8 cm³/mol. The van der Waals surface area contributed by atoms with Crippen molar-refractivity contribution in [2.45, 2.75) is 13.5 Å². The minimum Gasteiger partial charge on any atom is -0.467 e. The molecule has 21 heavy (non-hydrogen) atoms. The van der Waals surface area contributed by atoms with Crippen LogP contribution >= 0.6 is 12.2 Å². The van der Waals surface area contributed by atoms with Crippen molar-refractivity contribution in [1.82, 2.24) is 4.90 Å². The largest absolute Gasteiger partial charge is 0.467 e. The second-order valence-corrected chi connectivity index (χ2v) is 5.52. The van der Waals surface area contributed by atoms with E-state index in [1.807, 2.05) is 54.3 Å². The lowest BCUT2D eigenvalue weighted by Gasteiger charge is -2.39.